The van der Waals surface area contributed by atoms with Crippen molar-refractivity contribution >= 4 is 34.9 Å². The summed E-state index contributed by atoms with van der Waals surface area (Å²) in [5, 5.41) is 4.43. The molecule has 0 bridgehead atoms. The molecule has 0 heterocycles. The zero-order valence-electron chi connectivity index (χ0n) is 13.3. The molecule has 2 rings (SSSR count). The molecular formula is C18H19Cl2NO2. The van der Waals surface area contributed by atoms with Crippen molar-refractivity contribution in [3.8, 4) is 0 Å². The van der Waals surface area contributed by atoms with E-state index in [0.29, 0.717) is 10.0 Å². The molecule has 0 saturated heterocycles. The van der Waals surface area contributed by atoms with Gasteiger partial charge >= 0.3 is 5.97 Å². The summed E-state index contributed by atoms with van der Waals surface area (Å²) in [5.74, 6) is -0.322. The molecule has 23 heavy (non-hydrogen) atoms. The molecule has 0 radical (unpaired) electrons. The number of methoxy groups -OCH3 is 1. The normalized spacial score (nSPS) is 12.6. The van der Waals surface area contributed by atoms with Gasteiger partial charge in [0, 0.05) is 15.7 Å². The van der Waals surface area contributed by atoms with Crippen LogP contribution < -0.4 is 5.32 Å². The van der Waals surface area contributed by atoms with Gasteiger partial charge in [0.15, 0.2) is 0 Å². The first-order valence-corrected chi connectivity index (χ1v) is 7.97. The lowest BCUT2D eigenvalue weighted by atomic mass is 9.80. The van der Waals surface area contributed by atoms with E-state index in [-0.39, 0.29) is 12.0 Å². The van der Waals surface area contributed by atoms with Crippen LogP contribution in [-0.4, -0.2) is 13.1 Å². The topological polar surface area (TPSA) is 38.3 Å². The van der Waals surface area contributed by atoms with Crippen LogP contribution in [0.15, 0.2) is 48.5 Å². The summed E-state index contributed by atoms with van der Waals surface area (Å²) >= 11 is 12.4. The van der Waals surface area contributed by atoms with E-state index >= 15 is 0 Å². The maximum Gasteiger partial charge on any atom is 0.313 e. The van der Waals surface area contributed by atoms with E-state index in [1.165, 1.54) is 7.11 Å². The Labute approximate surface area is 146 Å². The summed E-state index contributed by atoms with van der Waals surface area (Å²) in [6, 6.07) is 14.5. The highest BCUT2D eigenvalue weighted by Gasteiger charge is 2.40. The first-order chi connectivity index (χ1) is 10.9. The number of rotatable bonds is 5. The smallest absolute Gasteiger partial charge is 0.313 e. The Morgan fingerprint density at radius 2 is 1.78 bits per heavy atom. The van der Waals surface area contributed by atoms with Crippen molar-refractivity contribution in [3.63, 3.8) is 0 Å². The maximum absolute atomic E-state index is 12.3. The van der Waals surface area contributed by atoms with Crippen molar-refractivity contribution in [2.75, 3.05) is 12.4 Å². The summed E-state index contributed by atoms with van der Waals surface area (Å²) in [6.45, 7) is 3.65. The third-order valence-electron chi connectivity index (χ3n) is 3.79. The standard InChI is InChI=1S/C18H19Cl2NO2/c1-18(2,17(22)23-3)16(21-13-7-5-4-6-8-13)14-10-9-12(19)11-15(14)20/h4-11,16,21H,1-3H3. The van der Waals surface area contributed by atoms with Gasteiger partial charge in [0.25, 0.3) is 0 Å². The van der Waals surface area contributed by atoms with E-state index in [2.05, 4.69) is 5.32 Å². The van der Waals surface area contributed by atoms with Crippen molar-refractivity contribution in [1.29, 1.82) is 0 Å². The van der Waals surface area contributed by atoms with Crippen molar-refractivity contribution in [1.82, 2.24) is 0 Å². The lowest BCUT2D eigenvalue weighted by Gasteiger charge is -2.34. The van der Waals surface area contributed by atoms with Gasteiger partial charge in [-0.25, -0.2) is 0 Å². The summed E-state index contributed by atoms with van der Waals surface area (Å²) in [5.41, 5.74) is 0.845. The number of hydrogen-bond donors (Lipinski definition) is 1. The van der Waals surface area contributed by atoms with E-state index in [9.17, 15) is 4.79 Å². The molecule has 122 valence electrons. The van der Waals surface area contributed by atoms with Crippen LogP contribution in [0.1, 0.15) is 25.5 Å². The quantitative estimate of drug-likeness (QED) is 0.738. The number of hydrogen-bond acceptors (Lipinski definition) is 3. The van der Waals surface area contributed by atoms with Crippen LogP contribution >= 0.6 is 23.2 Å². The molecule has 0 aliphatic heterocycles. The zero-order valence-corrected chi connectivity index (χ0v) is 14.8. The average molecular weight is 352 g/mol. The van der Waals surface area contributed by atoms with E-state index in [4.69, 9.17) is 27.9 Å². The van der Waals surface area contributed by atoms with Gasteiger partial charge in [-0.15, -0.1) is 0 Å². The molecule has 0 aliphatic rings. The predicted octanol–water partition coefficient (Wildman–Crippen LogP) is 5.35. The average Bonchev–Trinajstić information content (AvgIpc) is 2.53. The monoisotopic (exact) mass is 351 g/mol. The first kappa shape index (κ1) is 17.6. The van der Waals surface area contributed by atoms with E-state index in [1.54, 1.807) is 12.1 Å². The molecule has 0 fully saturated rings. The number of nitrogens with one attached hydrogen (secondary N) is 1. The molecule has 2 aromatic rings. The van der Waals surface area contributed by atoms with Crippen molar-refractivity contribution < 1.29 is 9.53 Å². The van der Waals surface area contributed by atoms with Crippen molar-refractivity contribution in [3.05, 3.63) is 64.1 Å². The van der Waals surface area contributed by atoms with E-state index < -0.39 is 5.41 Å². The minimum absolute atomic E-state index is 0.322. The largest absolute Gasteiger partial charge is 0.469 e. The SMILES string of the molecule is COC(=O)C(C)(C)C(Nc1ccccc1)c1ccc(Cl)cc1Cl. The second kappa shape index (κ2) is 7.24. The number of halogens is 2. The Kier molecular flexibility index (Phi) is 5.55. The number of anilines is 1. The molecule has 3 nitrogen and oxygen atoms in total. The number of para-hydroxylation sites is 1. The second-order valence-corrected chi connectivity index (χ2v) is 6.67. The van der Waals surface area contributed by atoms with Crippen LogP contribution in [0.25, 0.3) is 0 Å². The van der Waals surface area contributed by atoms with Gasteiger partial charge in [-0.05, 0) is 43.7 Å². The van der Waals surface area contributed by atoms with Crippen LogP contribution in [0.5, 0.6) is 0 Å². The van der Waals surface area contributed by atoms with Gasteiger partial charge in [-0.3, -0.25) is 4.79 Å². The fraction of sp³-hybridized carbons (Fsp3) is 0.278. The molecule has 0 saturated carbocycles. The number of carbonyl (C=O) groups excluding carboxylic acids is 1. The maximum atomic E-state index is 12.3. The third-order valence-corrected chi connectivity index (χ3v) is 4.35. The van der Waals surface area contributed by atoms with Gasteiger partial charge in [-0.1, -0.05) is 47.5 Å². The summed E-state index contributed by atoms with van der Waals surface area (Å²) < 4.78 is 4.97. The Balaban J connectivity index is 2.48. The van der Waals surface area contributed by atoms with Crippen LogP contribution in [-0.2, 0) is 9.53 Å². The number of carbonyl (C=O) groups is 1. The number of benzene rings is 2. The molecule has 1 N–H and O–H groups in total. The molecule has 1 atom stereocenters. The van der Waals surface area contributed by atoms with E-state index in [1.807, 2.05) is 50.2 Å². The molecule has 2 aromatic carbocycles. The highest BCUT2D eigenvalue weighted by Crippen LogP contribution is 2.40. The Morgan fingerprint density at radius 1 is 1.13 bits per heavy atom. The minimum Gasteiger partial charge on any atom is -0.469 e. The number of esters is 1. The van der Waals surface area contributed by atoms with Crippen LogP contribution in [0.2, 0.25) is 10.0 Å². The molecule has 0 spiro atoms. The van der Waals surface area contributed by atoms with Crippen LogP contribution in [0.4, 0.5) is 5.69 Å². The molecule has 1 unspecified atom stereocenters. The van der Waals surface area contributed by atoms with Gasteiger partial charge < -0.3 is 10.1 Å². The van der Waals surface area contributed by atoms with Gasteiger partial charge in [0.2, 0.25) is 0 Å². The van der Waals surface area contributed by atoms with Crippen molar-refractivity contribution in [2.24, 2.45) is 5.41 Å². The van der Waals surface area contributed by atoms with E-state index in [0.717, 1.165) is 11.3 Å². The summed E-state index contributed by atoms with van der Waals surface area (Å²) in [6.07, 6.45) is 0. The Morgan fingerprint density at radius 3 is 2.35 bits per heavy atom. The molecular weight excluding hydrogens is 333 g/mol. The predicted molar refractivity (Wildman–Crippen MR) is 95.1 cm³/mol. The fourth-order valence-corrected chi connectivity index (χ4v) is 2.98. The number of ether oxygens (including phenoxy) is 1. The Bertz CT molecular complexity index is 687. The van der Waals surface area contributed by atoms with Crippen LogP contribution in [0, 0.1) is 5.41 Å². The molecule has 0 amide bonds. The highest BCUT2D eigenvalue weighted by molar-refractivity contribution is 6.35. The van der Waals surface area contributed by atoms with Crippen LogP contribution in [0.3, 0.4) is 0 Å². The lowest BCUT2D eigenvalue weighted by Crippen LogP contribution is -2.37. The van der Waals surface area contributed by atoms with Crippen molar-refractivity contribution in [2.45, 2.75) is 19.9 Å². The zero-order chi connectivity index (χ0) is 17.0. The highest BCUT2D eigenvalue weighted by atomic mass is 35.5. The third kappa shape index (κ3) is 3.98. The summed E-state index contributed by atoms with van der Waals surface area (Å²) in [7, 11) is 1.38. The van der Waals surface area contributed by atoms with Gasteiger partial charge in [0.1, 0.15) is 0 Å². The Hall–Kier alpha value is -1.71. The molecule has 0 aromatic heterocycles. The first-order valence-electron chi connectivity index (χ1n) is 7.21. The minimum atomic E-state index is -0.831. The van der Waals surface area contributed by atoms with Gasteiger partial charge in [-0.2, -0.15) is 0 Å². The fourth-order valence-electron chi connectivity index (χ4n) is 2.46. The lowest BCUT2D eigenvalue weighted by molar-refractivity contribution is -0.151. The van der Waals surface area contributed by atoms with Gasteiger partial charge in [0.05, 0.1) is 18.6 Å². The molecule has 5 heteroatoms. The molecule has 0 aliphatic carbocycles. The summed E-state index contributed by atoms with van der Waals surface area (Å²) in [4.78, 5) is 12.3. The second-order valence-electron chi connectivity index (χ2n) is 5.82.